The minimum atomic E-state index is -4.07. The number of carbonyl (C=O) groups is 3. The second-order valence-corrected chi connectivity index (χ2v) is 9.81. The van der Waals surface area contributed by atoms with E-state index in [4.69, 9.17) is 9.47 Å². The third-order valence-electron chi connectivity index (χ3n) is 6.98. The maximum Gasteiger partial charge on any atom is 0.338 e. The van der Waals surface area contributed by atoms with Crippen LogP contribution in [0.3, 0.4) is 0 Å². The van der Waals surface area contributed by atoms with Crippen molar-refractivity contribution in [2.45, 2.75) is 29.7 Å². The average molecular weight is 636 g/mol. The van der Waals surface area contributed by atoms with Crippen LogP contribution in [0.25, 0.3) is 0 Å². The van der Waals surface area contributed by atoms with Crippen LogP contribution in [0.1, 0.15) is 31.1 Å². The third kappa shape index (κ3) is 5.07. The Morgan fingerprint density at radius 1 is 0.644 bits per heavy atom. The number of rotatable bonds is 7. The van der Waals surface area contributed by atoms with E-state index in [0.717, 1.165) is 0 Å². The summed E-state index contributed by atoms with van der Waals surface area (Å²) in [4.78, 5) is 40.8. The number of phenolic OH excluding ortho intramolecular Hbond substituents is 9. The van der Waals surface area contributed by atoms with E-state index in [9.17, 15) is 80.8 Å². The molecule has 4 rings (SSSR count). The molecule has 0 amide bonds. The van der Waals surface area contributed by atoms with Gasteiger partial charge in [-0.05, 0) is 36.4 Å². The molecule has 0 aromatic heterocycles. The second kappa shape index (κ2) is 11.2. The van der Waals surface area contributed by atoms with Crippen molar-refractivity contribution in [3.63, 3.8) is 0 Å². The molecule has 1 heterocycles. The van der Waals surface area contributed by atoms with Gasteiger partial charge in [-0.1, -0.05) is 0 Å². The molecule has 45 heavy (non-hydrogen) atoms. The van der Waals surface area contributed by atoms with Gasteiger partial charge in [-0.25, -0.2) is 4.79 Å². The van der Waals surface area contributed by atoms with E-state index in [-0.39, 0.29) is 0 Å². The summed E-state index contributed by atoms with van der Waals surface area (Å²) in [6.07, 6.45) is -7.55. The van der Waals surface area contributed by atoms with Crippen molar-refractivity contribution in [1.82, 2.24) is 0 Å². The van der Waals surface area contributed by atoms with Gasteiger partial charge >= 0.3 is 5.97 Å². The zero-order valence-corrected chi connectivity index (χ0v) is 22.3. The first kappa shape index (κ1) is 32.4. The lowest BCUT2D eigenvalue weighted by Gasteiger charge is -2.51. The summed E-state index contributed by atoms with van der Waals surface area (Å²) in [5.41, 5.74) is -6.88. The van der Waals surface area contributed by atoms with E-state index in [0.29, 0.717) is 36.4 Å². The number of hydrogen-bond acceptors (Lipinski definition) is 18. The SMILES string of the molecule is O=C(O[C@H]1[C@H](O)[C@@H](CO)O[C@](O)(C(=O)c2cc(O)c(O)c(O)c2)[C@@]1(O)C(=O)c1cc(O)c(O)c(O)c1)c1cc(O)c(O)c(O)c1. The lowest BCUT2D eigenvalue weighted by Crippen LogP contribution is -2.79. The molecule has 0 radical (unpaired) electrons. The molecule has 3 aromatic rings. The summed E-state index contributed by atoms with van der Waals surface area (Å²) in [6.45, 7) is -1.30. The number of aromatic hydroxyl groups is 9. The fourth-order valence-corrected chi connectivity index (χ4v) is 4.62. The molecule has 1 aliphatic heterocycles. The van der Waals surface area contributed by atoms with Crippen molar-refractivity contribution in [2.75, 3.05) is 6.61 Å². The molecule has 3 aromatic carbocycles. The summed E-state index contributed by atoms with van der Waals surface area (Å²) in [6, 6.07) is 2.76. The molecule has 0 bridgehead atoms. The van der Waals surface area contributed by atoms with Crippen LogP contribution in [0.15, 0.2) is 36.4 Å². The van der Waals surface area contributed by atoms with E-state index < -0.39 is 122 Å². The van der Waals surface area contributed by atoms with Crippen molar-refractivity contribution in [1.29, 1.82) is 0 Å². The fraction of sp³-hybridized carbons (Fsp3) is 0.222. The van der Waals surface area contributed by atoms with Gasteiger partial charge in [0.15, 0.2) is 57.8 Å². The molecule has 13 N–H and O–H groups in total. The molecule has 18 heteroatoms. The Labute approximate surface area is 249 Å². The van der Waals surface area contributed by atoms with Crippen molar-refractivity contribution >= 4 is 17.5 Å². The van der Waals surface area contributed by atoms with Crippen molar-refractivity contribution in [2.24, 2.45) is 0 Å². The van der Waals surface area contributed by atoms with Crippen LogP contribution in [0.5, 0.6) is 51.7 Å². The smallest absolute Gasteiger partial charge is 0.338 e. The van der Waals surface area contributed by atoms with Gasteiger partial charge in [-0.15, -0.1) is 0 Å². The number of benzene rings is 3. The number of Topliss-reactive ketones (excluding diaryl/α,β-unsaturated/α-hetero) is 2. The molecule has 0 aliphatic carbocycles. The van der Waals surface area contributed by atoms with Gasteiger partial charge in [0.25, 0.3) is 5.79 Å². The standard InChI is InChI=1S/C27H24O18/c28-7-17-21(38)24(44-25(41)10-5-15(33)20(37)16(34)6-10)26(42,22(39)8-1-11(29)18(35)12(30)2-8)27(43,45-17)23(40)9-3-13(31)19(36)14(32)4-9/h1-6,17,21,24,28-38,42-43H,7H2/t17-,21-,24+,26-,27-/m1/s1. The number of esters is 1. The van der Waals surface area contributed by atoms with Gasteiger partial charge in [-0.2, -0.15) is 0 Å². The Morgan fingerprint density at radius 3 is 1.38 bits per heavy atom. The Kier molecular flexibility index (Phi) is 8.05. The van der Waals surface area contributed by atoms with Gasteiger partial charge in [0.2, 0.25) is 17.2 Å². The largest absolute Gasteiger partial charge is 0.504 e. The van der Waals surface area contributed by atoms with Crippen molar-refractivity contribution in [3.8, 4) is 51.7 Å². The molecular formula is C27H24O18. The number of aliphatic hydroxyl groups excluding tert-OH is 2. The number of carbonyl (C=O) groups excluding carboxylic acids is 3. The van der Waals surface area contributed by atoms with Gasteiger partial charge in [-0.3, -0.25) is 9.59 Å². The highest BCUT2D eigenvalue weighted by Crippen LogP contribution is 2.46. The Balaban J connectivity index is 1.98. The Bertz CT molecular complexity index is 1650. The topological polar surface area (TPSA) is 333 Å². The molecule has 1 aliphatic rings. The van der Waals surface area contributed by atoms with Crippen LogP contribution < -0.4 is 0 Å². The van der Waals surface area contributed by atoms with E-state index in [1.807, 2.05) is 0 Å². The first-order valence-corrected chi connectivity index (χ1v) is 12.4. The quantitative estimate of drug-likeness (QED) is 0.0796. The molecule has 240 valence electrons. The van der Waals surface area contributed by atoms with E-state index in [2.05, 4.69) is 0 Å². The molecule has 5 atom stereocenters. The van der Waals surface area contributed by atoms with E-state index in [1.165, 1.54) is 0 Å². The van der Waals surface area contributed by atoms with Crippen LogP contribution in [0.4, 0.5) is 0 Å². The van der Waals surface area contributed by atoms with Crippen molar-refractivity contribution in [3.05, 3.63) is 53.1 Å². The van der Waals surface area contributed by atoms with Crippen LogP contribution in [0, 0.1) is 0 Å². The minimum Gasteiger partial charge on any atom is -0.504 e. The molecule has 1 fully saturated rings. The number of ketones is 2. The number of ether oxygens (including phenoxy) is 2. The molecule has 0 saturated carbocycles. The first-order chi connectivity index (χ1) is 20.9. The molecule has 0 unspecified atom stereocenters. The normalized spacial score (nSPS) is 24.6. The molecule has 18 nitrogen and oxygen atoms in total. The highest BCUT2D eigenvalue weighted by molar-refractivity contribution is 6.13. The molecule has 1 saturated heterocycles. The summed E-state index contributed by atoms with van der Waals surface area (Å²) < 4.78 is 10.2. The predicted octanol–water partition coefficient (Wildman–Crippen LogP) is -1.50. The maximum absolute atomic E-state index is 13.9. The van der Waals surface area contributed by atoms with Crippen LogP contribution in [-0.4, -0.2) is 120 Å². The molecule has 0 spiro atoms. The lowest BCUT2D eigenvalue weighted by molar-refractivity contribution is -0.344. The molecular weight excluding hydrogens is 612 g/mol. The highest BCUT2D eigenvalue weighted by Gasteiger charge is 2.72. The summed E-state index contributed by atoms with van der Waals surface area (Å²) >= 11 is 0. The minimum absolute atomic E-state index is 0.415. The Hall–Kier alpha value is -5.53. The summed E-state index contributed by atoms with van der Waals surface area (Å²) in [5.74, 6) is -19.8. The predicted molar refractivity (Wildman–Crippen MR) is 140 cm³/mol. The highest BCUT2D eigenvalue weighted by atomic mass is 16.7. The monoisotopic (exact) mass is 636 g/mol. The van der Waals surface area contributed by atoms with E-state index >= 15 is 0 Å². The Morgan fingerprint density at radius 2 is 1.00 bits per heavy atom. The van der Waals surface area contributed by atoms with Gasteiger partial charge < -0.3 is 75.9 Å². The zero-order valence-electron chi connectivity index (χ0n) is 22.3. The van der Waals surface area contributed by atoms with Gasteiger partial charge in [0.1, 0.15) is 12.2 Å². The third-order valence-corrected chi connectivity index (χ3v) is 6.98. The summed E-state index contributed by atoms with van der Waals surface area (Å²) in [7, 11) is 0. The van der Waals surface area contributed by atoms with E-state index in [1.54, 1.807) is 0 Å². The number of phenols is 9. The first-order valence-electron chi connectivity index (χ1n) is 12.4. The fourth-order valence-electron chi connectivity index (χ4n) is 4.62. The summed E-state index contributed by atoms with van der Waals surface area (Å²) in [5, 5.41) is 133. The van der Waals surface area contributed by atoms with Crippen LogP contribution in [-0.2, 0) is 9.47 Å². The number of aliphatic hydroxyl groups is 4. The second-order valence-electron chi connectivity index (χ2n) is 9.81. The lowest BCUT2D eigenvalue weighted by atomic mass is 9.72. The van der Waals surface area contributed by atoms with Crippen molar-refractivity contribution < 1.29 is 90.2 Å². The average Bonchev–Trinajstić information content (AvgIpc) is 2.99. The van der Waals surface area contributed by atoms with Crippen LogP contribution in [0.2, 0.25) is 0 Å². The van der Waals surface area contributed by atoms with Gasteiger partial charge in [0, 0.05) is 11.1 Å². The van der Waals surface area contributed by atoms with Gasteiger partial charge in [0.05, 0.1) is 12.2 Å². The van der Waals surface area contributed by atoms with Crippen LogP contribution >= 0.6 is 0 Å². The zero-order chi connectivity index (χ0) is 33.8. The number of hydrogen-bond donors (Lipinski definition) is 13. The maximum atomic E-state index is 13.9.